The molecule has 1 atom stereocenters. The van der Waals surface area contributed by atoms with Crippen molar-refractivity contribution >= 4 is 5.97 Å². The smallest absolute Gasteiger partial charge is 0.362 e. The molecule has 0 spiro atoms. The summed E-state index contributed by atoms with van der Waals surface area (Å²) >= 11 is 0. The number of rotatable bonds is 9. The minimum Gasteiger partial charge on any atom is -0.457 e. The second kappa shape index (κ2) is 10.7. The number of quaternary nitrogens is 1. The second-order valence-corrected chi connectivity index (χ2v) is 10.4. The van der Waals surface area contributed by atoms with Crippen LogP contribution in [0, 0.1) is 12.8 Å². The maximum absolute atomic E-state index is 12.5. The van der Waals surface area contributed by atoms with E-state index >= 15 is 0 Å². The first-order valence-electron chi connectivity index (χ1n) is 12.4. The summed E-state index contributed by atoms with van der Waals surface area (Å²) in [4.78, 5) is 12.5. The molecular weight excluding hydrogens is 442 g/mol. The van der Waals surface area contributed by atoms with Crippen molar-refractivity contribution in [1.29, 1.82) is 0 Å². The van der Waals surface area contributed by atoms with Crippen molar-refractivity contribution < 1.29 is 23.5 Å². The van der Waals surface area contributed by atoms with Gasteiger partial charge in [-0.1, -0.05) is 79.4 Å². The van der Waals surface area contributed by atoms with Gasteiger partial charge in [-0.05, 0) is 30.9 Å². The lowest BCUT2D eigenvalue weighted by Crippen LogP contribution is -2.43. The summed E-state index contributed by atoms with van der Waals surface area (Å²) in [5.74, 6) is 0.346. The first-order chi connectivity index (χ1) is 16.8. The van der Waals surface area contributed by atoms with Crippen LogP contribution >= 0.6 is 0 Å². The van der Waals surface area contributed by atoms with E-state index in [1.165, 1.54) is 12.0 Å². The van der Waals surface area contributed by atoms with Crippen LogP contribution in [0.15, 0.2) is 59.0 Å². The van der Waals surface area contributed by atoms with Gasteiger partial charge in [-0.15, -0.1) is 10.2 Å². The van der Waals surface area contributed by atoms with Crippen LogP contribution in [0.3, 0.4) is 0 Å². The van der Waals surface area contributed by atoms with Crippen molar-refractivity contribution in [2.24, 2.45) is 5.92 Å². The number of aryl methyl sites for hydroxylation is 1. The van der Waals surface area contributed by atoms with Gasteiger partial charge < -0.3 is 18.7 Å². The van der Waals surface area contributed by atoms with Crippen molar-refractivity contribution in [3.63, 3.8) is 0 Å². The molecule has 1 aromatic heterocycles. The molecule has 0 unspecified atom stereocenters. The van der Waals surface area contributed by atoms with Crippen molar-refractivity contribution in [3.05, 3.63) is 83.1 Å². The molecular formula is C28H36N3O4+. The summed E-state index contributed by atoms with van der Waals surface area (Å²) in [7, 11) is 3.84. The normalized spacial score (nSPS) is 16.6. The summed E-state index contributed by atoms with van der Waals surface area (Å²) in [6.45, 7) is 2.78. The van der Waals surface area contributed by atoms with Gasteiger partial charge in [0.15, 0.2) is 18.7 Å². The molecule has 3 aromatic rings. The monoisotopic (exact) mass is 478 g/mol. The lowest BCUT2D eigenvalue weighted by molar-refractivity contribution is -0.897. The van der Waals surface area contributed by atoms with Gasteiger partial charge in [-0.2, -0.15) is 0 Å². The number of nitrogens with zero attached hydrogens (tertiary/aromatic N) is 3. The first kappa shape index (κ1) is 25.1. The predicted octanol–water partition coefficient (Wildman–Crippen LogP) is 4.51. The Kier molecular flexibility index (Phi) is 7.67. The molecule has 1 aliphatic carbocycles. The van der Waals surface area contributed by atoms with Crippen LogP contribution < -0.4 is 0 Å². The highest BCUT2D eigenvalue weighted by atomic mass is 16.5. The van der Waals surface area contributed by atoms with Gasteiger partial charge in [0.2, 0.25) is 0 Å². The Morgan fingerprint density at radius 2 is 1.74 bits per heavy atom. The Hall–Kier alpha value is -3.03. The van der Waals surface area contributed by atoms with Crippen LogP contribution in [0.5, 0.6) is 0 Å². The molecule has 4 rings (SSSR count). The molecule has 0 radical (unpaired) electrons. The topological polar surface area (TPSA) is 85.5 Å². The van der Waals surface area contributed by atoms with Crippen LogP contribution in [-0.4, -0.2) is 46.4 Å². The van der Waals surface area contributed by atoms with Crippen LogP contribution in [0.1, 0.15) is 60.6 Å². The van der Waals surface area contributed by atoms with Gasteiger partial charge in [0.25, 0.3) is 11.8 Å². The number of benzene rings is 2. The molecule has 0 saturated heterocycles. The van der Waals surface area contributed by atoms with E-state index < -0.39 is 5.60 Å². The summed E-state index contributed by atoms with van der Waals surface area (Å²) < 4.78 is 11.8. The third kappa shape index (κ3) is 6.16. The highest BCUT2D eigenvalue weighted by Crippen LogP contribution is 2.43. The minimum absolute atomic E-state index is 0.0196. The lowest BCUT2D eigenvalue weighted by Gasteiger charge is -2.36. The summed E-state index contributed by atoms with van der Waals surface area (Å²) in [5, 5.41) is 20.5. The number of hydrogen-bond acceptors (Lipinski definition) is 6. The average Bonchev–Trinajstić information content (AvgIpc) is 3.32. The quantitative estimate of drug-likeness (QED) is 0.360. The zero-order valence-electron chi connectivity index (χ0n) is 20.9. The molecule has 1 aliphatic rings. The zero-order valence-corrected chi connectivity index (χ0v) is 20.9. The Labute approximate surface area is 207 Å². The van der Waals surface area contributed by atoms with Crippen LogP contribution in [-0.2, 0) is 28.3 Å². The number of carbonyl (C=O) groups is 1. The summed E-state index contributed by atoms with van der Waals surface area (Å²) in [5.41, 5.74) is 1.57. The van der Waals surface area contributed by atoms with Crippen molar-refractivity contribution in [3.8, 4) is 0 Å². The molecule has 186 valence electrons. The molecule has 1 heterocycles. The molecule has 0 aliphatic heterocycles. The van der Waals surface area contributed by atoms with Crippen molar-refractivity contribution in [1.82, 2.24) is 10.2 Å². The molecule has 1 saturated carbocycles. The van der Waals surface area contributed by atoms with Gasteiger partial charge in [0, 0.05) is 5.92 Å². The van der Waals surface area contributed by atoms with Crippen LogP contribution in [0.2, 0.25) is 0 Å². The standard InChI is InChI=1S/C28H36N3O4/c1-21-14-16-22(17-15-21)20-34-26(32)19-31(2,3)18-25-29-30-27(35-25)28(33,23-10-6-4-7-11-23)24-12-8-5-9-13-24/h4,6-7,10-11,14-17,24,33H,5,8-9,12-13,18-20H2,1-3H3/q+1/t28-/m0/s1. The Morgan fingerprint density at radius 1 is 1.06 bits per heavy atom. The summed E-state index contributed by atoms with van der Waals surface area (Å²) in [6, 6.07) is 17.5. The van der Waals surface area contributed by atoms with E-state index in [4.69, 9.17) is 9.15 Å². The van der Waals surface area contributed by atoms with E-state index in [2.05, 4.69) is 10.2 Å². The fraction of sp³-hybridized carbons (Fsp3) is 0.464. The number of ether oxygens (including phenoxy) is 1. The van der Waals surface area contributed by atoms with Gasteiger partial charge in [0.05, 0.1) is 14.1 Å². The van der Waals surface area contributed by atoms with Gasteiger partial charge >= 0.3 is 5.97 Å². The predicted molar refractivity (Wildman–Crippen MR) is 132 cm³/mol. The molecule has 1 fully saturated rings. The van der Waals surface area contributed by atoms with E-state index in [9.17, 15) is 9.90 Å². The number of hydrogen-bond donors (Lipinski definition) is 1. The first-order valence-corrected chi connectivity index (χ1v) is 12.4. The fourth-order valence-corrected chi connectivity index (χ4v) is 4.88. The van der Waals surface area contributed by atoms with Gasteiger partial charge in [-0.25, -0.2) is 4.79 Å². The van der Waals surface area contributed by atoms with Crippen LogP contribution in [0.25, 0.3) is 0 Å². The number of carbonyl (C=O) groups excluding carboxylic acids is 1. The third-order valence-corrected chi connectivity index (χ3v) is 6.84. The number of aliphatic hydroxyl groups is 1. The van der Waals surface area contributed by atoms with E-state index in [-0.39, 0.29) is 30.9 Å². The molecule has 1 N–H and O–H groups in total. The van der Waals surface area contributed by atoms with Crippen LogP contribution in [0.4, 0.5) is 0 Å². The third-order valence-electron chi connectivity index (χ3n) is 6.84. The molecule has 7 heteroatoms. The van der Waals surface area contributed by atoms with Gasteiger partial charge in [-0.3, -0.25) is 0 Å². The maximum atomic E-state index is 12.5. The minimum atomic E-state index is -1.32. The van der Waals surface area contributed by atoms with Gasteiger partial charge in [0.1, 0.15) is 6.61 Å². The molecule has 0 amide bonds. The van der Waals surface area contributed by atoms with Crippen molar-refractivity contribution in [2.75, 3.05) is 20.6 Å². The fourth-order valence-electron chi connectivity index (χ4n) is 4.88. The maximum Gasteiger partial charge on any atom is 0.362 e. The Balaban J connectivity index is 1.44. The zero-order chi connectivity index (χ0) is 24.9. The lowest BCUT2D eigenvalue weighted by atomic mass is 9.73. The molecule has 0 bridgehead atoms. The number of likely N-dealkylation sites (N-methyl/N-ethyl adjacent to an activating group) is 1. The van der Waals surface area contributed by atoms with E-state index in [0.29, 0.717) is 16.9 Å². The second-order valence-electron chi connectivity index (χ2n) is 10.4. The SMILES string of the molecule is Cc1ccc(COC(=O)C[N+](C)(C)Cc2nnc([C@](O)(c3ccccc3)C3CCCCC3)o2)cc1. The molecule has 2 aromatic carbocycles. The Morgan fingerprint density at radius 3 is 2.43 bits per heavy atom. The highest BCUT2D eigenvalue weighted by Gasteiger charge is 2.45. The number of aromatic nitrogens is 2. The Bertz CT molecular complexity index is 1100. The molecule has 35 heavy (non-hydrogen) atoms. The largest absolute Gasteiger partial charge is 0.457 e. The summed E-state index contributed by atoms with van der Waals surface area (Å²) in [6.07, 6.45) is 5.17. The van der Waals surface area contributed by atoms with E-state index in [1.54, 1.807) is 0 Å². The molecule has 7 nitrogen and oxygen atoms in total. The number of esters is 1. The van der Waals surface area contributed by atoms with E-state index in [0.717, 1.165) is 36.8 Å². The van der Waals surface area contributed by atoms with Crippen molar-refractivity contribution in [2.45, 2.75) is 57.8 Å². The van der Waals surface area contributed by atoms with E-state index in [1.807, 2.05) is 75.6 Å². The highest BCUT2D eigenvalue weighted by molar-refractivity contribution is 5.70. The average molecular weight is 479 g/mol.